The fraction of sp³-hybridized carbons (Fsp3) is 0.0952. The van der Waals surface area contributed by atoms with Gasteiger partial charge in [-0.05, 0) is 18.6 Å². The molecule has 0 atom stereocenters. The molecule has 3 heterocycles. The zero-order valence-corrected chi connectivity index (χ0v) is 15.6. The first kappa shape index (κ1) is 17.1. The number of nitrogens with zero attached hydrogens (tertiary/aromatic N) is 6. The van der Waals surface area contributed by atoms with E-state index in [1.807, 2.05) is 73.7 Å². The Hall–Kier alpha value is -4.07. The fourth-order valence-corrected chi connectivity index (χ4v) is 3.10. The van der Waals surface area contributed by atoms with Crippen molar-refractivity contribution in [1.82, 2.24) is 35.0 Å². The maximum atomic E-state index is 6.03. The molecule has 0 saturated carbocycles. The summed E-state index contributed by atoms with van der Waals surface area (Å²) in [4.78, 5) is 4.29. The van der Waals surface area contributed by atoms with E-state index in [-0.39, 0.29) is 6.61 Å². The summed E-state index contributed by atoms with van der Waals surface area (Å²) in [5.41, 5.74) is 3.38. The summed E-state index contributed by atoms with van der Waals surface area (Å²) in [7, 11) is 0. The Bertz CT molecular complexity index is 1260. The molecular weight excluding hydrogens is 366 g/mol. The largest absolute Gasteiger partial charge is 0.468 e. The van der Waals surface area contributed by atoms with Crippen molar-refractivity contribution in [3.8, 4) is 28.4 Å². The molecule has 0 radical (unpaired) electrons. The lowest BCUT2D eigenvalue weighted by Gasteiger charge is -2.10. The van der Waals surface area contributed by atoms with Crippen LogP contribution in [0.4, 0.5) is 0 Å². The smallest absolute Gasteiger partial charge is 0.240 e. The van der Waals surface area contributed by atoms with Crippen molar-refractivity contribution >= 4 is 5.65 Å². The van der Waals surface area contributed by atoms with Gasteiger partial charge in [0.25, 0.3) is 0 Å². The van der Waals surface area contributed by atoms with Crippen molar-refractivity contribution < 1.29 is 4.74 Å². The van der Waals surface area contributed by atoms with Crippen LogP contribution in [0, 0.1) is 6.92 Å². The molecule has 0 aliphatic rings. The predicted octanol–water partition coefficient (Wildman–Crippen LogP) is 3.46. The highest BCUT2D eigenvalue weighted by molar-refractivity contribution is 5.72. The first-order chi connectivity index (χ1) is 14.3. The number of aromatic amines is 1. The van der Waals surface area contributed by atoms with E-state index in [4.69, 9.17) is 9.84 Å². The number of nitrogens with one attached hydrogen (secondary N) is 1. The Morgan fingerprint density at radius 3 is 2.34 bits per heavy atom. The number of ether oxygens (including phenoxy) is 1. The Morgan fingerprint density at radius 1 is 0.931 bits per heavy atom. The molecule has 5 rings (SSSR count). The van der Waals surface area contributed by atoms with E-state index < -0.39 is 0 Å². The third-order valence-electron chi connectivity index (χ3n) is 4.46. The number of hydrogen-bond acceptors (Lipinski definition) is 6. The molecule has 0 spiro atoms. The molecule has 0 aliphatic carbocycles. The van der Waals surface area contributed by atoms with Crippen molar-refractivity contribution in [3.63, 3.8) is 0 Å². The second kappa shape index (κ2) is 7.16. The van der Waals surface area contributed by atoms with Crippen LogP contribution in [0.2, 0.25) is 0 Å². The Kier molecular flexibility index (Phi) is 4.21. The van der Waals surface area contributed by atoms with Crippen LogP contribution in [0.1, 0.15) is 11.6 Å². The van der Waals surface area contributed by atoms with Gasteiger partial charge in [0.1, 0.15) is 5.82 Å². The Balaban J connectivity index is 1.62. The number of aryl methyl sites for hydroxylation is 1. The van der Waals surface area contributed by atoms with Crippen LogP contribution in [0.5, 0.6) is 5.88 Å². The molecule has 29 heavy (non-hydrogen) atoms. The van der Waals surface area contributed by atoms with Crippen molar-refractivity contribution in [2.24, 2.45) is 0 Å². The van der Waals surface area contributed by atoms with Crippen molar-refractivity contribution in [3.05, 3.63) is 78.4 Å². The summed E-state index contributed by atoms with van der Waals surface area (Å²) in [6.45, 7) is 2.05. The van der Waals surface area contributed by atoms with E-state index in [1.54, 1.807) is 4.52 Å². The normalized spacial score (nSPS) is 11.1. The highest BCUT2D eigenvalue weighted by Gasteiger charge is 2.16. The standard InChI is InChI=1S/C21H17N7O/c1-14-22-18(24-23-14)13-29-21-17(15-8-4-2-5-9-15)12-19-25-26-20(28(19)27-21)16-10-6-3-7-11-16/h2-12H,13H2,1H3,(H,22,23,24). The van der Waals surface area contributed by atoms with Crippen molar-refractivity contribution in [2.75, 3.05) is 0 Å². The SMILES string of the molecule is Cc1nc(COc2nn3c(-c4ccccc4)nnc3cc2-c2ccccc2)n[nH]1. The van der Waals surface area contributed by atoms with Gasteiger partial charge in [-0.1, -0.05) is 60.7 Å². The molecule has 0 aliphatic heterocycles. The molecule has 3 aromatic heterocycles. The van der Waals surface area contributed by atoms with Crippen LogP contribution in [-0.2, 0) is 6.61 Å². The van der Waals surface area contributed by atoms with Gasteiger partial charge >= 0.3 is 0 Å². The maximum absolute atomic E-state index is 6.03. The van der Waals surface area contributed by atoms with E-state index in [9.17, 15) is 0 Å². The number of aromatic nitrogens is 7. The van der Waals surface area contributed by atoms with Crippen LogP contribution in [-0.4, -0.2) is 35.0 Å². The third-order valence-corrected chi connectivity index (χ3v) is 4.46. The van der Waals surface area contributed by atoms with Crippen LogP contribution in [0.25, 0.3) is 28.2 Å². The summed E-state index contributed by atoms with van der Waals surface area (Å²) in [5, 5.41) is 20.3. The van der Waals surface area contributed by atoms with Gasteiger partial charge in [-0.25, -0.2) is 4.98 Å². The minimum atomic E-state index is 0.200. The molecule has 0 unspecified atom stereocenters. The van der Waals surface area contributed by atoms with Gasteiger partial charge in [-0.2, -0.15) is 9.61 Å². The zero-order valence-electron chi connectivity index (χ0n) is 15.6. The van der Waals surface area contributed by atoms with Gasteiger partial charge in [0.15, 0.2) is 23.9 Å². The fourth-order valence-electron chi connectivity index (χ4n) is 3.10. The summed E-state index contributed by atoms with van der Waals surface area (Å²) in [5.74, 6) is 2.41. The second-order valence-corrected chi connectivity index (χ2v) is 6.51. The molecule has 0 bridgehead atoms. The quantitative estimate of drug-likeness (QED) is 0.499. The van der Waals surface area contributed by atoms with E-state index in [0.29, 0.717) is 23.2 Å². The average Bonchev–Trinajstić information content (AvgIpc) is 3.38. The van der Waals surface area contributed by atoms with Crippen LogP contribution < -0.4 is 4.74 Å². The molecule has 2 aromatic carbocycles. The molecule has 1 N–H and O–H groups in total. The number of rotatable bonds is 5. The van der Waals surface area contributed by atoms with Gasteiger partial charge in [-0.15, -0.1) is 15.3 Å². The van der Waals surface area contributed by atoms with Gasteiger partial charge in [-0.3, -0.25) is 5.10 Å². The lowest BCUT2D eigenvalue weighted by molar-refractivity contribution is 0.281. The Labute approximate surface area is 166 Å². The zero-order chi connectivity index (χ0) is 19.6. The summed E-state index contributed by atoms with van der Waals surface area (Å²) < 4.78 is 7.72. The number of benzene rings is 2. The topological polar surface area (TPSA) is 93.9 Å². The van der Waals surface area contributed by atoms with Gasteiger partial charge in [0.2, 0.25) is 5.88 Å². The van der Waals surface area contributed by atoms with Crippen LogP contribution in [0.15, 0.2) is 66.7 Å². The van der Waals surface area contributed by atoms with Crippen LogP contribution in [0.3, 0.4) is 0 Å². The minimum absolute atomic E-state index is 0.200. The minimum Gasteiger partial charge on any atom is -0.468 e. The highest BCUT2D eigenvalue weighted by atomic mass is 16.5. The summed E-state index contributed by atoms with van der Waals surface area (Å²) in [6.07, 6.45) is 0. The number of fused-ring (bicyclic) bond motifs is 1. The molecule has 5 aromatic rings. The first-order valence-electron chi connectivity index (χ1n) is 9.16. The van der Waals surface area contributed by atoms with E-state index in [2.05, 4.69) is 25.4 Å². The molecule has 142 valence electrons. The molecular formula is C21H17N7O. The lowest BCUT2D eigenvalue weighted by atomic mass is 10.1. The maximum Gasteiger partial charge on any atom is 0.240 e. The van der Waals surface area contributed by atoms with Crippen molar-refractivity contribution in [2.45, 2.75) is 13.5 Å². The van der Waals surface area contributed by atoms with Crippen LogP contribution >= 0.6 is 0 Å². The first-order valence-corrected chi connectivity index (χ1v) is 9.16. The summed E-state index contributed by atoms with van der Waals surface area (Å²) in [6, 6.07) is 21.7. The Morgan fingerprint density at radius 2 is 1.66 bits per heavy atom. The summed E-state index contributed by atoms with van der Waals surface area (Å²) >= 11 is 0. The van der Waals surface area contributed by atoms with E-state index >= 15 is 0 Å². The van der Waals surface area contributed by atoms with Gasteiger partial charge in [0.05, 0.1) is 0 Å². The molecule has 0 saturated heterocycles. The monoisotopic (exact) mass is 383 g/mol. The van der Waals surface area contributed by atoms with E-state index in [0.717, 1.165) is 22.5 Å². The number of H-pyrrole nitrogens is 1. The second-order valence-electron chi connectivity index (χ2n) is 6.51. The number of hydrogen-bond donors (Lipinski definition) is 1. The van der Waals surface area contributed by atoms with Gasteiger partial charge < -0.3 is 4.74 Å². The molecule has 8 heteroatoms. The molecule has 0 fully saturated rings. The van der Waals surface area contributed by atoms with Crippen molar-refractivity contribution in [1.29, 1.82) is 0 Å². The highest BCUT2D eigenvalue weighted by Crippen LogP contribution is 2.30. The molecule has 8 nitrogen and oxygen atoms in total. The lowest BCUT2D eigenvalue weighted by Crippen LogP contribution is -2.05. The predicted molar refractivity (Wildman–Crippen MR) is 107 cm³/mol. The average molecular weight is 383 g/mol. The molecule has 0 amide bonds. The van der Waals surface area contributed by atoms with E-state index in [1.165, 1.54) is 0 Å². The third kappa shape index (κ3) is 3.31. The van der Waals surface area contributed by atoms with Gasteiger partial charge in [0, 0.05) is 11.1 Å².